The van der Waals surface area contributed by atoms with Gasteiger partial charge < -0.3 is 35.8 Å². The van der Waals surface area contributed by atoms with E-state index in [9.17, 15) is 24.3 Å². The van der Waals surface area contributed by atoms with E-state index in [0.717, 1.165) is 22.3 Å². The maximum absolute atomic E-state index is 14.1. The Morgan fingerprint density at radius 3 is 1.61 bits per heavy atom. The van der Waals surface area contributed by atoms with Crippen molar-refractivity contribution in [2.75, 3.05) is 13.7 Å². The number of ether oxygens (including phenoxy) is 2. The summed E-state index contributed by atoms with van der Waals surface area (Å²) in [6.07, 6.45) is -0.467. The highest BCUT2D eigenvalue weighted by atomic mass is 16.5. The number of hydrogen-bond donors (Lipinski definition) is 5. The Morgan fingerprint density at radius 1 is 0.630 bits per heavy atom. The van der Waals surface area contributed by atoms with Crippen LogP contribution in [0.2, 0.25) is 0 Å². The number of benzene rings is 4. The van der Waals surface area contributed by atoms with Gasteiger partial charge in [0.2, 0.25) is 11.8 Å². The molecule has 11 heteroatoms. The van der Waals surface area contributed by atoms with Gasteiger partial charge in [-0.2, -0.15) is 0 Å². The van der Waals surface area contributed by atoms with E-state index in [2.05, 4.69) is 21.3 Å². The minimum atomic E-state index is -1.13. The molecule has 3 amide bonds. The third kappa shape index (κ3) is 13.5. The Kier molecular flexibility index (Phi) is 16.7. The van der Waals surface area contributed by atoms with Crippen LogP contribution in [0.25, 0.3) is 0 Å². The maximum Gasteiger partial charge on any atom is 0.407 e. The first-order valence-electron chi connectivity index (χ1n) is 18.4. The van der Waals surface area contributed by atoms with Crippen molar-refractivity contribution in [3.63, 3.8) is 0 Å². The van der Waals surface area contributed by atoms with E-state index in [1.54, 1.807) is 0 Å². The smallest absolute Gasteiger partial charge is 0.407 e. The van der Waals surface area contributed by atoms with Gasteiger partial charge in [-0.3, -0.25) is 9.59 Å². The SMILES string of the molecule is CC[C@H](C)[C@H](NC(=O)[C@H](Cc1ccccc1)NCC(O)[C@H](Cc1ccccc1)NC(=O)OCc1ccccc1)C(=O)N[C@@H](Cc1ccccc1)C(=O)OC. The zero-order chi connectivity index (χ0) is 38.7. The second-order valence-electron chi connectivity index (χ2n) is 13.4. The van der Waals surface area contributed by atoms with Gasteiger partial charge in [-0.15, -0.1) is 0 Å². The van der Waals surface area contributed by atoms with Crippen molar-refractivity contribution in [1.29, 1.82) is 0 Å². The van der Waals surface area contributed by atoms with Crippen LogP contribution in [0, 0.1) is 5.92 Å². The summed E-state index contributed by atoms with van der Waals surface area (Å²) < 4.78 is 10.5. The number of carbonyl (C=O) groups excluding carboxylic acids is 4. The van der Waals surface area contributed by atoms with E-state index in [1.165, 1.54) is 7.11 Å². The quantitative estimate of drug-likeness (QED) is 0.0831. The molecule has 11 nitrogen and oxygen atoms in total. The number of esters is 1. The largest absolute Gasteiger partial charge is 0.467 e. The van der Waals surface area contributed by atoms with Crippen LogP contribution >= 0.6 is 0 Å². The summed E-state index contributed by atoms with van der Waals surface area (Å²) in [6, 6.07) is 33.9. The molecule has 54 heavy (non-hydrogen) atoms. The number of alkyl carbamates (subject to hydrolysis) is 1. The lowest BCUT2D eigenvalue weighted by Crippen LogP contribution is -2.59. The lowest BCUT2D eigenvalue weighted by atomic mass is 9.96. The molecule has 1 unspecified atom stereocenters. The first-order chi connectivity index (χ1) is 26.2. The van der Waals surface area contributed by atoms with Crippen LogP contribution in [-0.2, 0) is 49.7 Å². The van der Waals surface area contributed by atoms with Crippen LogP contribution in [-0.4, -0.2) is 72.9 Å². The second-order valence-corrected chi connectivity index (χ2v) is 13.4. The lowest BCUT2D eigenvalue weighted by Gasteiger charge is -2.29. The van der Waals surface area contributed by atoms with Gasteiger partial charge in [0.1, 0.15) is 18.7 Å². The van der Waals surface area contributed by atoms with Crippen molar-refractivity contribution in [1.82, 2.24) is 21.3 Å². The fourth-order valence-electron chi connectivity index (χ4n) is 5.98. The van der Waals surface area contributed by atoms with Crippen LogP contribution in [0.15, 0.2) is 121 Å². The third-order valence-electron chi connectivity index (χ3n) is 9.33. The average Bonchev–Trinajstić information content (AvgIpc) is 3.20. The number of hydrogen-bond acceptors (Lipinski definition) is 8. The Morgan fingerprint density at radius 2 is 1.11 bits per heavy atom. The molecule has 0 bridgehead atoms. The molecule has 6 atom stereocenters. The molecule has 0 saturated heterocycles. The maximum atomic E-state index is 14.1. The predicted molar refractivity (Wildman–Crippen MR) is 207 cm³/mol. The highest BCUT2D eigenvalue weighted by Crippen LogP contribution is 2.13. The number of nitrogens with one attached hydrogen (secondary N) is 4. The summed E-state index contributed by atoms with van der Waals surface area (Å²) in [5.74, 6) is -1.85. The molecule has 0 aromatic heterocycles. The standard InChI is InChI=1S/C43H52N4O7/c1-4-30(2)39(41(50)45-37(42(51)53-3)27-33-21-13-7-14-22-33)47-40(49)36(26-32-19-11-6-12-20-32)44-28-38(48)35(25-31-17-9-5-10-18-31)46-43(52)54-29-34-23-15-8-16-24-34/h5-24,30,35-39,44,48H,4,25-29H2,1-3H3,(H,45,50)(H,46,52)(H,47,49)/t30-,35-,36-,37-,38?,39-/m0/s1. The number of methoxy groups -OCH3 is 1. The number of aliphatic hydroxyl groups excluding tert-OH is 1. The molecule has 286 valence electrons. The summed E-state index contributed by atoms with van der Waals surface area (Å²) in [7, 11) is 1.27. The van der Waals surface area contributed by atoms with E-state index in [0.29, 0.717) is 12.8 Å². The highest BCUT2D eigenvalue weighted by Gasteiger charge is 2.33. The Hall–Kier alpha value is -5.52. The topological polar surface area (TPSA) is 155 Å². The van der Waals surface area contributed by atoms with Gasteiger partial charge >= 0.3 is 12.1 Å². The number of amides is 3. The van der Waals surface area contributed by atoms with Gasteiger partial charge in [0, 0.05) is 13.0 Å². The minimum absolute atomic E-state index is 0.0654. The minimum Gasteiger partial charge on any atom is -0.467 e. The molecule has 4 aromatic carbocycles. The number of carbonyl (C=O) groups is 4. The highest BCUT2D eigenvalue weighted by molar-refractivity contribution is 5.92. The van der Waals surface area contributed by atoms with Gasteiger partial charge in [-0.25, -0.2) is 9.59 Å². The summed E-state index contributed by atoms with van der Waals surface area (Å²) in [4.78, 5) is 53.6. The van der Waals surface area contributed by atoms with Crippen LogP contribution < -0.4 is 21.3 Å². The van der Waals surface area contributed by atoms with E-state index < -0.39 is 54.1 Å². The normalized spacial score (nSPS) is 14.3. The number of rotatable bonds is 20. The van der Waals surface area contributed by atoms with Crippen LogP contribution in [0.4, 0.5) is 4.79 Å². The molecule has 0 fully saturated rings. The van der Waals surface area contributed by atoms with Crippen LogP contribution in [0.1, 0.15) is 42.5 Å². The molecular formula is C43H52N4O7. The zero-order valence-corrected chi connectivity index (χ0v) is 31.2. The van der Waals surface area contributed by atoms with E-state index >= 15 is 0 Å². The van der Waals surface area contributed by atoms with E-state index in [-0.39, 0.29) is 31.9 Å². The van der Waals surface area contributed by atoms with Crippen molar-refractivity contribution in [2.45, 2.75) is 76.4 Å². The molecule has 0 spiro atoms. The lowest BCUT2D eigenvalue weighted by molar-refractivity contribution is -0.145. The Balaban J connectivity index is 1.49. The molecule has 4 aromatic rings. The molecule has 0 aliphatic heterocycles. The molecule has 0 saturated carbocycles. The van der Waals surface area contributed by atoms with Gasteiger partial charge in [0.15, 0.2) is 0 Å². The molecule has 0 aliphatic rings. The molecule has 4 rings (SSSR count). The Bertz CT molecular complexity index is 1730. The zero-order valence-electron chi connectivity index (χ0n) is 31.2. The summed E-state index contributed by atoms with van der Waals surface area (Å²) >= 11 is 0. The molecule has 0 radical (unpaired) electrons. The first-order valence-corrected chi connectivity index (χ1v) is 18.4. The second kappa shape index (κ2) is 21.9. The van der Waals surface area contributed by atoms with Crippen molar-refractivity contribution >= 4 is 23.9 Å². The van der Waals surface area contributed by atoms with Gasteiger partial charge in [0.25, 0.3) is 0 Å². The van der Waals surface area contributed by atoms with Crippen molar-refractivity contribution < 1.29 is 33.8 Å². The average molecular weight is 737 g/mol. The van der Waals surface area contributed by atoms with E-state index in [4.69, 9.17) is 9.47 Å². The molecular weight excluding hydrogens is 684 g/mol. The van der Waals surface area contributed by atoms with Crippen molar-refractivity contribution in [3.05, 3.63) is 144 Å². The van der Waals surface area contributed by atoms with Crippen LogP contribution in [0.5, 0.6) is 0 Å². The first kappa shape index (κ1) is 41.2. The van der Waals surface area contributed by atoms with Crippen molar-refractivity contribution in [2.24, 2.45) is 5.92 Å². The van der Waals surface area contributed by atoms with Crippen molar-refractivity contribution in [3.8, 4) is 0 Å². The molecule has 0 heterocycles. The fourth-order valence-corrected chi connectivity index (χ4v) is 5.98. The number of aliphatic hydroxyl groups is 1. The van der Waals surface area contributed by atoms with E-state index in [1.807, 2.05) is 135 Å². The summed E-state index contributed by atoms with van der Waals surface area (Å²) in [5, 5.41) is 23.3. The molecule has 0 aliphatic carbocycles. The summed E-state index contributed by atoms with van der Waals surface area (Å²) in [6.45, 7) is 3.77. The summed E-state index contributed by atoms with van der Waals surface area (Å²) in [5.41, 5.74) is 3.42. The van der Waals surface area contributed by atoms with Gasteiger partial charge in [0.05, 0.1) is 25.3 Å². The van der Waals surface area contributed by atoms with Gasteiger partial charge in [-0.05, 0) is 41.0 Å². The van der Waals surface area contributed by atoms with Gasteiger partial charge in [-0.1, -0.05) is 142 Å². The molecule has 5 N–H and O–H groups in total. The van der Waals surface area contributed by atoms with Crippen LogP contribution in [0.3, 0.4) is 0 Å². The Labute approximate surface area is 317 Å². The monoisotopic (exact) mass is 736 g/mol. The predicted octanol–water partition coefficient (Wildman–Crippen LogP) is 4.52. The third-order valence-corrected chi connectivity index (χ3v) is 9.33. The fraction of sp³-hybridized carbons (Fsp3) is 0.349.